The molecule has 0 saturated heterocycles. The molecule has 0 aliphatic carbocycles. The van der Waals surface area contributed by atoms with Crippen LogP contribution in [0.4, 0.5) is 0 Å². The molecule has 6 heteroatoms. The quantitative estimate of drug-likeness (QED) is 0.730. The SMILES string of the molecule is CCOC(=O)CCc1c(C)[nH]c(/C=C2\N=C(c3ccc[nH]3)C=C2OC)c1C. The molecule has 2 aromatic rings. The van der Waals surface area contributed by atoms with E-state index < -0.39 is 0 Å². The predicted molar refractivity (Wildman–Crippen MR) is 106 cm³/mol. The van der Waals surface area contributed by atoms with Crippen molar-refractivity contribution in [3.8, 4) is 0 Å². The van der Waals surface area contributed by atoms with Gasteiger partial charge in [0.2, 0.25) is 0 Å². The fourth-order valence-corrected chi connectivity index (χ4v) is 3.24. The van der Waals surface area contributed by atoms with E-state index in [0.717, 1.165) is 45.4 Å². The number of aromatic amines is 2. The van der Waals surface area contributed by atoms with E-state index in [1.54, 1.807) is 7.11 Å². The molecular formula is C21H25N3O3. The second kappa shape index (κ2) is 8.12. The largest absolute Gasteiger partial charge is 0.494 e. The molecule has 0 fully saturated rings. The van der Waals surface area contributed by atoms with E-state index in [4.69, 9.17) is 14.5 Å². The van der Waals surface area contributed by atoms with Gasteiger partial charge < -0.3 is 19.4 Å². The Balaban J connectivity index is 1.85. The van der Waals surface area contributed by atoms with Crippen LogP contribution in [0.25, 0.3) is 6.08 Å². The molecule has 2 N–H and O–H groups in total. The number of nitrogens with one attached hydrogen (secondary N) is 2. The molecule has 2 aromatic heterocycles. The van der Waals surface area contributed by atoms with Crippen LogP contribution >= 0.6 is 0 Å². The summed E-state index contributed by atoms with van der Waals surface area (Å²) >= 11 is 0. The molecule has 0 saturated carbocycles. The third-order valence-electron chi connectivity index (χ3n) is 4.65. The number of hydrogen-bond donors (Lipinski definition) is 2. The molecule has 1 aliphatic rings. The Morgan fingerprint density at radius 3 is 2.81 bits per heavy atom. The predicted octanol–water partition coefficient (Wildman–Crippen LogP) is 3.83. The molecule has 0 aromatic carbocycles. The highest BCUT2D eigenvalue weighted by atomic mass is 16.5. The number of nitrogens with zero attached hydrogens (tertiary/aromatic N) is 1. The number of esters is 1. The van der Waals surface area contributed by atoms with Crippen LogP contribution in [0.3, 0.4) is 0 Å². The summed E-state index contributed by atoms with van der Waals surface area (Å²) < 4.78 is 10.5. The summed E-state index contributed by atoms with van der Waals surface area (Å²) in [6.07, 6.45) is 6.81. The number of aromatic nitrogens is 2. The van der Waals surface area contributed by atoms with Gasteiger partial charge in [-0.3, -0.25) is 4.79 Å². The zero-order valence-electron chi connectivity index (χ0n) is 16.2. The lowest BCUT2D eigenvalue weighted by Gasteiger charge is -2.04. The van der Waals surface area contributed by atoms with Crippen molar-refractivity contribution in [2.45, 2.75) is 33.6 Å². The van der Waals surface area contributed by atoms with Gasteiger partial charge in [-0.25, -0.2) is 4.99 Å². The van der Waals surface area contributed by atoms with Gasteiger partial charge in [0.05, 0.1) is 25.1 Å². The summed E-state index contributed by atoms with van der Waals surface area (Å²) in [5, 5.41) is 0. The molecule has 0 atom stereocenters. The summed E-state index contributed by atoms with van der Waals surface area (Å²) in [6, 6.07) is 3.91. The fraction of sp³-hybridized carbons (Fsp3) is 0.333. The summed E-state index contributed by atoms with van der Waals surface area (Å²) in [5.41, 5.74) is 6.84. The van der Waals surface area contributed by atoms with Crippen LogP contribution in [-0.4, -0.2) is 35.4 Å². The van der Waals surface area contributed by atoms with E-state index in [1.165, 1.54) is 0 Å². The van der Waals surface area contributed by atoms with Crippen molar-refractivity contribution in [2.75, 3.05) is 13.7 Å². The molecule has 1 aliphatic heterocycles. The van der Waals surface area contributed by atoms with Crippen molar-refractivity contribution >= 4 is 17.8 Å². The molecule has 6 nitrogen and oxygen atoms in total. The molecular weight excluding hydrogens is 342 g/mol. The molecule has 0 spiro atoms. The minimum Gasteiger partial charge on any atom is -0.494 e. The van der Waals surface area contributed by atoms with E-state index in [1.807, 2.05) is 44.3 Å². The average Bonchev–Trinajstić information content (AvgIpc) is 3.35. The molecule has 142 valence electrons. The van der Waals surface area contributed by atoms with Crippen LogP contribution in [0, 0.1) is 13.8 Å². The maximum Gasteiger partial charge on any atom is 0.306 e. The lowest BCUT2D eigenvalue weighted by Crippen LogP contribution is -2.05. The monoisotopic (exact) mass is 367 g/mol. The number of carbonyl (C=O) groups is 1. The van der Waals surface area contributed by atoms with E-state index in [-0.39, 0.29) is 5.97 Å². The van der Waals surface area contributed by atoms with Gasteiger partial charge >= 0.3 is 5.97 Å². The lowest BCUT2D eigenvalue weighted by atomic mass is 10.0. The highest BCUT2D eigenvalue weighted by molar-refractivity contribution is 6.11. The zero-order valence-corrected chi connectivity index (χ0v) is 16.2. The minimum atomic E-state index is -0.169. The third-order valence-corrected chi connectivity index (χ3v) is 4.65. The Bertz CT molecular complexity index is 915. The van der Waals surface area contributed by atoms with E-state index in [0.29, 0.717) is 19.4 Å². The topological polar surface area (TPSA) is 79.5 Å². The summed E-state index contributed by atoms with van der Waals surface area (Å²) in [5.74, 6) is 0.553. The average molecular weight is 367 g/mol. The van der Waals surface area contributed by atoms with Crippen molar-refractivity contribution in [2.24, 2.45) is 4.99 Å². The highest BCUT2D eigenvalue weighted by Crippen LogP contribution is 2.27. The maximum atomic E-state index is 11.7. The van der Waals surface area contributed by atoms with Crippen molar-refractivity contribution in [1.82, 2.24) is 9.97 Å². The first-order valence-corrected chi connectivity index (χ1v) is 9.07. The lowest BCUT2D eigenvalue weighted by molar-refractivity contribution is -0.143. The second-order valence-electron chi connectivity index (χ2n) is 6.40. The molecule has 0 radical (unpaired) electrons. The Morgan fingerprint density at radius 1 is 1.33 bits per heavy atom. The highest BCUT2D eigenvalue weighted by Gasteiger charge is 2.19. The van der Waals surface area contributed by atoms with Crippen LogP contribution in [-0.2, 0) is 20.7 Å². The Labute approximate surface area is 159 Å². The minimum absolute atomic E-state index is 0.169. The van der Waals surface area contributed by atoms with Gasteiger partial charge in [-0.1, -0.05) is 0 Å². The Kier molecular flexibility index (Phi) is 5.64. The first-order valence-electron chi connectivity index (χ1n) is 9.07. The zero-order chi connectivity index (χ0) is 19.4. The summed E-state index contributed by atoms with van der Waals surface area (Å²) in [6.45, 7) is 6.30. The van der Waals surface area contributed by atoms with Crippen LogP contribution < -0.4 is 0 Å². The number of aliphatic imine (C=N–C) groups is 1. The number of H-pyrrole nitrogens is 2. The third kappa shape index (κ3) is 4.05. The molecule has 3 heterocycles. The van der Waals surface area contributed by atoms with Gasteiger partial charge in [0.25, 0.3) is 0 Å². The number of ether oxygens (including phenoxy) is 2. The van der Waals surface area contributed by atoms with Crippen LogP contribution in [0.5, 0.6) is 0 Å². The van der Waals surface area contributed by atoms with Crippen molar-refractivity contribution < 1.29 is 14.3 Å². The van der Waals surface area contributed by atoms with Crippen LogP contribution in [0.1, 0.15) is 41.6 Å². The van der Waals surface area contributed by atoms with Gasteiger partial charge in [0.1, 0.15) is 11.5 Å². The Morgan fingerprint density at radius 2 is 2.15 bits per heavy atom. The first-order chi connectivity index (χ1) is 13.0. The van der Waals surface area contributed by atoms with E-state index in [2.05, 4.69) is 16.9 Å². The molecule has 0 bridgehead atoms. The summed E-state index contributed by atoms with van der Waals surface area (Å²) in [4.78, 5) is 22.9. The number of allylic oxidation sites excluding steroid dienone is 1. The van der Waals surface area contributed by atoms with Crippen molar-refractivity contribution in [3.63, 3.8) is 0 Å². The van der Waals surface area contributed by atoms with Gasteiger partial charge in [0, 0.05) is 30.1 Å². The van der Waals surface area contributed by atoms with Crippen LogP contribution in [0.2, 0.25) is 0 Å². The molecule has 0 unspecified atom stereocenters. The molecule has 0 amide bonds. The number of aryl methyl sites for hydroxylation is 1. The van der Waals surface area contributed by atoms with Crippen molar-refractivity contribution in [1.29, 1.82) is 0 Å². The van der Waals surface area contributed by atoms with E-state index >= 15 is 0 Å². The second-order valence-corrected chi connectivity index (χ2v) is 6.40. The van der Waals surface area contributed by atoms with Gasteiger partial charge in [-0.05, 0) is 56.5 Å². The van der Waals surface area contributed by atoms with Gasteiger partial charge in [-0.15, -0.1) is 0 Å². The maximum absolute atomic E-state index is 11.7. The normalized spacial score (nSPS) is 15.0. The van der Waals surface area contributed by atoms with E-state index in [9.17, 15) is 4.79 Å². The number of hydrogen-bond acceptors (Lipinski definition) is 4. The smallest absolute Gasteiger partial charge is 0.306 e. The van der Waals surface area contributed by atoms with Crippen LogP contribution in [0.15, 0.2) is 40.9 Å². The fourth-order valence-electron chi connectivity index (χ4n) is 3.24. The number of rotatable bonds is 7. The molecule has 27 heavy (non-hydrogen) atoms. The van der Waals surface area contributed by atoms with Crippen molar-refractivity contribution in [3.05, 3.63) is 64.1 Å². The van der Waals surface area contributed by atoms with Gasteiger partial charge in [0.15, 0.2) is 0 Å². The number of methoxy groups -OCH3 is 1. The Hall–Kier alpha value is -3.02. The number of carbonyl (C=O) groups excluding carboxylic acids is 1. The molecule has 3 rings (SSSR count). The first kappa shape index (κ1) is 18.8. The van der Waals surface area contributed by atoms with Gasteiger partial charge in [-0.2, -0.15) is 0 Å². The standard InChI is InChI=1S/C21H25N3O3/c1-5-27-21(25)9-8-15-13(2)17(23-14(15)3)11-19-20(26-4)12-18(24-19)16-7-6-10-22-16/h6-7,10-12,22-23H,5,8-9H2,1-4H3/b19-11-. The summed E-state index contributed by atoms with van der Waals surface area (Å²) in [7, 11) is 1.64.